The molecule has 0 aliphatic heterocycles. The van der Waals surface area contributed by atoms with E-state index in [1.807, 2.05) is 42.6 Å². The summed E-state index contributed by atoms with van der Waals surface area (Å²) in [6, 6.07) is 15.1. The average Bonchev–Trinajstić information content (AvgIpc) is 2.89. The molecule has 1 aromatic heterocycles. The number of nitrogens with two attached hydrogens (primary N) is 1. The molecule has 0 fully saturated rings. The predicted molar refractivity (Wildman–Crippen MR) is 81.5 cm³/mol. The fourth-order valence-corrected chi connectivity index (χ4v) is 2.16. The lowest BCUT2D eigenvalue weighted by Gasteiger charge is -2.06. The van der Waals surface area contributed by atoms with E-state index in [-0.39, 0.29) is 5.91 Å². The van der Waals surface area contributed by atoms with Gasteiger partial charge in [-0.2, -0.15) is 0 Å². The molecule has 1 heterocycles. The molecule has 2 aromatic carbocycles. The predicted octanol–water partition coefficient (Wildman–Crippen LogP) is 2.93. The van der Waals surface area contributed by atoms with Crippen molar-refractivity contribution in [1.29, 1.82) is 0 Å². The summed E-state index contributed by atoms with van der Waals surface area (Å²) >= 11 is 0. The number of rotatable bonds is 3. The summed E-state index contributed by atoms with van der Waals surface area (Å²) in [7, 11) is 0. The SMILES string of the molecule is Nc1ccc(CC(=O)Nc2ccc3[nH]ccc3c2)cc1. The number of H-pyrrole nitrogens is 1. The molecule has 0 aliphatic carbocycles. The molecule has 3 rings (SSSR count). The number of aromatic nitrogens is 1. The van der Waals surface area contributed by atoms with Gasteiger partial charge in [0, 0.05) is 28.5 Å². The number of nitrogen functional groups attached to an aromatic ring is 1. The minimum Gasteiger partial charge on any atom is -0.399 e. The number of nitrogens with one attached hydrogen (secondary N) is 2. The molecule has 20 heavy (non-hydrogen) atoms. The minimum absolute atomic E-state index is 0.0374. The largest absolute Gasteiger partial charge is 0.399 e. The normalized spacial score (nSPS) is 10.6. The fourth-order valence-electron chi connectivity index (χ4n) is 2.16. The molecule has 0 atom stereocenters. The molecule has 0 saturated carbocycles. The summed E-state index contributed by atoms with van der Waals surface area (Å²) in [5, 5.41) is 3.98. The number of carbonyl (C=O) groups is 1. The van der Waals surface area contributed by atoms with Crippen molar-refractivity contribution < 1.29 is 4.79 Å². The summed E-state index contributed by atoms with van der Waals surface area (Å²) in [6.45, 7) is 0. The Morgan fingerprint density at radius 1 is 1.10 bits per heavy atom. The van der Waals surface area contributed by atoms with Crippen LogP contribution in [0.3, 0.4) is 0 Å². The summed E-state index contributed by atoms with van der Waals surface area (Å²) in [5.74, 6) is -0.0374. The fraction of sp³-hybridized carbons (Fsp3) is 0.0625. The smallest absolute Gasteiger partial charge is 0.228 e. The van der Waals surface area contributed by atoms with Gasteiger partial charge >= 0.3 is 0 Å². The number of carbonyl (C=O) groups excluding carboxylic acids is 1. The van der Waals surface area contributed by atoms with Crippen LogP contribution in [-0.2, 0) is 11.2 Å². The first kappa shape index (κ1) is 12.3. The Labute approximate surface area is 116 Å². The van der Waals surface area contributed by atoms with Crippen LogP contribution in [0.1, 0.15) is 5.56 Å². The first-order valence-corrected chi connectivity index (χ1v) is 6.42. The molecule has 0 bridgehead atoms. The first-order chi connectivity index (χ1) is 9.70. The molecular formula is C16H15N3O. The third-order valence-electron chi connectivity index (χ3n) is 3.18. The molecule has 0 unspecified atom stereocenters. The summed E-state index contributed by atoms with van der Waals surface area (Å²) in [6.07, 6.45) is 2.22. The highest BCUT2D eigenvalue weighted by atomic mass is 16.1. The monoisotopic (exact) mass is 265 g/mol. The van der Waals surface area contributed by atoms with Crippen molar-refractivity contribution in [2.75, 3.05) is 11.1 Å². The van der Waals surface area contributed by atoms with Crippen LogP contribution in [0.25, 0.3) is 10.9 Å². The number of anilines is 2. The third-order valence-corrected chi connectivity index (χ3v) is 3.18. The van der Waals surface area contributed by atoms with E-state index in [2.05, 4.69) is 10.3 Å². The van der Waals surface area contributed by atoms with E-state index in [1.165, 1.54) is 0 Å². The Kier molecular flexibility index (Phi) is 3.13. The third kappa shape index (κ3) is 2.64. The Hall–Kier alpha value is -2.75. The van der Waals surface area contributed by atoms with Gasteiger partial charge in [0.05, 0.1) is 6.42 Å². The van der Waals surface area contributed by atoms with E-state index >= 15 is 0 Å². The van der Waals surface area contributed by atoms with E-state index in [1.54, 1.807) is 12.1 Å². The minimum atomic E-state index is -0.0374. The second kappa shape index (κ2) is 5.09. The van der Waals surface area contributed by atoms with Crippen molar-refractivity contribution in [1.82, 2.24) is 4.98 Å². The molecule has 0 radical (unpaired) electrons. The summed E-state index contributed by atoms with van der Waals surface area (Å²) in [4.78, 5) is 15.1. The first-order valence-electron chi connectivity index (χ1n) is 6.42. The molecule has 3 aromatic rings. The molecule has 0 spiro atoms. The van der Waals surface area contributed by atoms with Crippen molar-refractivity contribution in [3.63, 3.8) is 0 Å². The highest BCUT2D eigenvalue weighted by molar-refractivity contribution is 5.94. The standard InChI is InChI=1S/C16H15N3O/c17-13-3-1-11(2-4-13)9-16(20)19-14-5-6-15-12(10-14)7-8-18-15/h1-8,10,18H,9,17H2,(H,19,20). The van der Waals surface area contributed by atoms with Gasteiger partial charge in [-0.25, -0.2) is 0 Å². The lowest BCUT2D eigenvalue weighted by atomic mass is 10.1. The van der Waals surface area contributed by atoms with Crippen molar-refractivity contribution in [2.45, 2.75) is 6.42 Å². The van der Waals surface area contributed by atoms with Gasteiger partial charge in [-0.15, -0.1) is 0 Å². The van der Waals surface area contributed by atoms with Crippen LogP contribution in [0, 0.1) is 0 Å². The zero-order chi connectivity index (χ0) is 13.9. The van der Waals surface area contributed by atoms with Gasteiger partial charge in [0.25, 0.3) is 0 Å². The van der Waals surface area contributed by atoms with Gasteiger partial charge < -0.3 is 16.0 Å². The van der Waals surface area contributed by atoms with Crippen molar-refractivity contribution in [2.24, 2.45) is 0 Å². The lowest BCUT2D eigenvalue weighted by molar-refractivity contribution is -0.115. The van der Waals surface area contributed by atoms with Crippen LogP contribution in [0.5, 0.6) is 0 Å². The Morgan fingerprint density at radius 3 is 2.70 bits per heavy atom. The van der Waals surface area contributed by atoms with Crippen molar-refractivity contribution in [3.8, 4) is 0 Å². The van der Waals surface area contributed by atoms with Crippen LogP contribution < -0.4 is 11.1 Å². The molecule has 100 valence electrons. The van der Waals surface area contributed by atoms with Crippen LogP contribution >= 0.6 is 0 Å². The van der Waals surface area contributed by atoms with E-state index in [9.17, 15) is 4.79 Å². The summed E-state index contributed by atoms with van der Waals surface area (Å²) in [5.41, 5.74) is 9.13. The van der Waals surface area contributed by atoms with Crippen LogP contribution in [0.4, 0.5) is 11.4 Å². The maximum atomic E-state index is 12.0. The number of hydrogen-bond acceptors (Lipinski definition) is 2. The van der Waals surface area contributed by atoms with Crippen molar-refractivity contribution in [3.05, 3.63) is 60.3 Å². The van der Waals surface area contributed by atoms with E-state index in [4.69, 9.17) is 5.73 Å². The second-order valence-corrected chi connectivity index (χ2v) is 4.75. The zero-order valence-electron chi connectivity index (χ0n) is 10.9. The number of fused-ring (bicyclic) bond motifs is 1. The molecule has 4 N–H and O–H groups in total. The van der Waals surface area contributed by atoms with Crippen LogP contribution in [0.2, 0.25) is 0 Å². The Bertz CT molecular complexity index is 744. The number of amides is 1. The van der Waals surface area contributed by atoms with E-state index in [0.717, 1.165) is 22.2 Å². The van der Waals surface area contributed by atoms with Crippen LogP contribution in [0.15, 0.2) is 54.7 Å². The van der Waals surface area contributed by atoms with Gasteiger partial charge in [0.2, 0.25) is 5.91 Å². The number of benzene rings is 2. The zero-order valence-corrected chi connectivity index (χ0v) is 10.9. The quantitative estimate of drug-likeness (QED) is 0.637. The van der Waals surface area contributed by atoms with Gasteiger partial charge in [-0.05, 0) is 42.0 Å². The Morgan fingerprint density at radius 2 is 1.90 bits per heavy atom. The van der Waals surface area contributed by atoms with Gasteiger partial charge in [-0.3, -0.25) is 4.79 Å². The topological polar surface area (TPSA) is 70.9 Å². The van der Waals surface area contributed by atoms with Crippen LogP contribution in [-0.4, -0.2) is 10.9 Å². The maximum Gasteiger partial charge on any atom is 0.228 e. The van der Waals surface area contributed by atoms with Gasteiger partial charge in [0.1, 0.15) is 0 Å². The molecular weight excluding hydrogens is 250 g/mol. The molecule has 0 aliphatic rings. The van der Waals surface area contributed by atoms with Gasteiger partial charge in [-0.1, -0.05) is 12.1 Å². The highest BCUT2D eigenvalue weighted by Gasteiger charge is 2.05. The highest BCUT2D eigenvalue weighted by Crippen LogP contribution is 2.18. The van der Waals surface area contributed by atoms with Gasteiger partial charge in [0.15, 0.2) is 0 Å². The maximum absolute atomic E-state index is 12.0. The van der Waals surface area contributed by atoms with E-state index in [0.29, 0.717) is 12.1 Å². The number of hydrogen-bond donors (Lipinski definition) is 3. The molecule has 4 nitrogen and oxygen atoms in total. The van der Waals surface area contributed by atoms with Crippen molar-refractivity contribution >= 4 is 28.2 Å². The summed E-state index contributed by atoms with van der Waals surface area (Å²) < 4.78 is 0. The average molecular weight is 265 g/mol. The molecule has 0 saturated heterocycles. The molecule has 4 heteroatoms. The second-order valence-electron chi connectivity index (χ2n) is 4.75. The molecule has 1 amide bonds. The number of aromatic amines is 1. The Balaban J connectivity index is 1.70. The van der Waals surface area contributed by atoms with E-state index < -0.39 is 0 Å². The lowest BCUT2D eigenvalue weighted by Crippen LogP contribution is -2.14.